The van der Waals surface area contributed by atoms with Crippen LogP contribution in [0.25, 0.3) is 21.9 Å². The van der Waals surface area contributed by atoms with E-state index in [2.05, 4.69) is 24.8 Å². The molecule has 2 aromatic heterocycles. The molecule has 4 aromatic rings. The Hall–Kier alpha value is -3.68. The Morgan fingerprint density at radius 3 is 2.83 bits per heavy atom. The van der Waals surface area contributed by atoms with E-state index in [-0.39, 0.29) is 11.9 Å². The van der Waals surface area contributed by atoms with E-state index in [1.165, 1.54) is 6.33 Å². The third-order valence-corrected chi connectivity index (χ3v) is 5.05. The quantitative estimate of drug-likeness (QED) is 0.569. The molecule has 0 unspecified atom stereocenters. The zero-order chi connectivity index (χ0) is 19.8. The third-order valence-electron chi connectivity index (χ3n) is 5.05. The molecule has 29 heavy (non-hydrogen) atoms. The number of phenols is 1. The maximum atomic E-state index is 10.0. The first kappa shape index (κ1) is 17.4. The van der Waals surface area contributed by atoms with Crippen molar-refractivity contribution in [2.75, 3.05) is 25.1 Å². The number of nitrogens with zero attached hydrogens (tertiary/aromatic N) is 5. The van der Waals surface area contributed by atoms with E-state index in [0.29, 0.717) is 23.7 Å². The van der Waals surface area contributed by atoms with E-state index >= 15 is 0 Å². The number of ether oxygens (including phenoxy) is 2. The first-order valence-electron chi connectivity index (χ1n) is 9.36. The molecule has 2 aromatic carbocycles. The second kappa shape index (κ2) is 7.05. The number of phenolic OH excluding ortho intramolecular Hbond substituents is 1. The highest BCUT2D eigenvalue weighted by Crippen LogP contribution is 2.35. The van der Waals surface area contributed by atoms with Crippen molar-refractivity contribution in [3.8, 4) is 17.4 Å². The fraction of sp³-hybridized carbons (Fsp3) is 0.238. The van der Waals surface area contributed by atoms with E-state index in [1.807, 2.05) is 24.3 Å². The average molecular weight is 389 g/mol. The van der Waals surface area contributed by atoms with Gasteiger partial charge in [-0.3, -0.25) is 0 Å². The highest BCUT2D eigenvalue weighted by molar-refractivity contribution is 5.94. The number of rotatable bonds is 4. The van der Waals surface area contributed by atoms with Gasteiger partial charge in [0.15, 0.2) is 0 Å². The van der Waals surface area contributed by atoms with E-state index in [0.717, 1.165) is 35.2 Å². The van der Waals surface area contributed by atoms with E-state index in [4.69, 9.17) is 9.47 Å². The number of para-hydroxylation sites is 2. The minimum atomic E-state index is -0.0327. The number of hydrogen-bond acceptors (Lipinski definition) is 8. The molecule has 8 heteroatoms. The van der Waals surface area contributed by atoms with Crippen LogP contribution in [0.4, 0.5) is 5.82 Å². The maximum absolute atomic E-state index is 10.0. The Morgan fingerprint density at radius 2 is 1.97 bits per heavy atom. The second-order valence-corrected chi connectivity index (χ2v) is 6.91. The van der Waals surface area contributed by atoms with Gasteiger partial charge >= 0.3 is 0 Å². The molecule has 1 fully saturated rings. The van der Waals surface area contributed by atoms with Gasteiger partial charge < -0.3 is 19.5 Å². The first-order valence-corrected chi connectivity index (χ1v) is 9.36. The van der Waals surface area contributed by atoms with Gasteiger partial charge in [-0.15, -0.1) is 0 Å². The molecule has 3 heterocycles. The SMILES string of the molecule is COc1cc(O)cc2c(N3CC[C@@H](Oc4cnc5ccccc5n4)C3)ncnc12. The van der Waals surface area contributed by atoms with Gasteiger partial charge in [-0.2, -0.15) is 0 Å². The zero-order valence-corrected chi connectivity index (χ0v) is 15.8. The topological polar surface area (TPSA) is 93.5 Å². The highest BCUT2D eigenvalue weighted by Gasteiger charge is 2.27. The van der Waals surface area contributed by atoms with Crippen molar-refractivity contribution in [3.63, 3.8) is 0 Å². The lowest BCUT2D eigenvalue weighted by molar-refractivity contribution is 0.216. The number of fused-ring (bicyclic) bond motifs is 2. The van der Waals surface area contributed by atoms with Crippen LogP contribution in [-0.4, -0.2) is 51.3 Å². The number of hydrogen-bond donors (Lipinski definition) is 1. The molecule has 146 valence electrons. The van der Waals surface area contributed by atoms with Crippen molar-refractivity contribution in [2.45, 2.75) is 12.5 Å². The van der Waals surface area contributed by atoms with Crippen LogP contribution in [0, 0.1) is 0 Å². The summed E-state index contributed by atoms with van der Waals surface area (Å²) in [5.41, 5.74) is 2.32. The molecule has 1 aliphatic rings. The summed E-state index contributed by atoms with van der Waals surface area (Å²) >= 11 is 0. The molecule has 1 aliphatic heterocycles. The molecule has 0 saturated carbocycles. The molecule has 0 radical (unpaired) electrons. The predicted octanol–water partition coefficient (Wildman–Crippen LogP) is 2.94. The monoisotopic (exact) mass is 389 g/mol. The van der Waals surface area contributed by atoms with Crippen molar-refractivity contribution in [1.82, 2.24) is 19.9 Å². The summed E-state index contributed by atoms with van der Waals surface area (Å²) in [4.78, 5) is 19.8. The Labute approximate surface area is 166 Å². The van der Waals surface area contributed by atoms with Crippen molar-refractivity contribution < 1.29 is 14.6 Å². The lowest BCUT2D eigenvalue weighted by Crippen LogP contribution is -2.25. The standard InChI is InChI=1S/C21H19N5O3/c1-28-18-9-13(27)8-15-20(18)23-12-24-21(15)26-7-6-14(11-26)29-19-10-22-16-4-2-3-5-17(16)25-19/h2-5,8-10,12,14,27H,6-7,11H2,1H3/t14-/m1/s1. The van der Waals surface area contributed by atoms with Crippen molar-refractivity contribution in [3.05, 3.63) is 48.9 Å². The molecule has 0 aliphatic carbocycles. The molecule has 8 nitrogen and oxygen atoms in total. The molecule has 1 saturated heterocycles. The maximum Gasteiger partial charge on any atom is 0.233 e. The molecule has 0 amide bonds. The fourth-order valence-corrected chi connectivity index (χ4v) is 3.70. The minimum Gasteiger partial charge on any atom is -0.508 e. The van der Waals surface area contributed by atoms with Crippen molar-refractivity contribution >= 4 is 27.8 Å². The molecule has 5 rings (SSSR count). The average Bonchev–Trinajstić information content (AvgIpc) is 3.20. The van der Waals surface area contributed by atoms with Crippen LogP contribution >= 0.6 is 0 Å². The van der Waals surface area contributed by atoms with E-state index < -0.39 is 0 Å². The normalized spacial score (nSPS) is 16.4. The number of benzene rings is 2. The number of anilines is 1. The van der Waals surface area contributed by atoms with Gasteiger partial charge in [0.1, 0.15) is 35.3 Å². The van der Waals surface area contributed by atoms with Gasteiger partial charge in [0, 0.05) is 19.0 Å². The van der Waals surface area contributed by atoms with Crippen LogP contribution in [0.1, 0.15) is 6.42 Å². The third kappa shape index (κ3) is 3.22. The highest BCUT2D eigenvalue weighted by atomic mass is 16.5. The summed E-state index contributed by atoms with van der Waals surface area (Å²) < 4.78 is 11.4. The molecular formula is C21H19N5O3. The van der Waals surface area contributed by atoms with Crippen LogP contribution in [0.15, 0.2) is 48.9 Å². The molecule has 0 spiro atoms. The van der Waals surface area contributed by atoms with Gasteiger partial charge in [-0.25, -0.2) is 19.9 Å². The Morgan fingerprint density at radius 1 is 1.10 bits per heavy atom. The summed E-state index contributed by atoms with van der Waals surface area (Å²) in [6, 6.07) is 10.9. The number of aromatic nitrogens is 4. The summed E-state index contributed by atoms with van der Waals surface area (Å²) in [5, 5.41) is 10.8. The summed E-state index contributed by atoms with van der Waals surface area (Å²) in [5.74, 6) is 1.90. The lowest BCUT2D eigenvalue weighted by Gasteiger charge is -2.19. The molecular weight excluding hydrogens is 370 g/mol. The van der Waals surface area contributed by atoms with Gasteiger partial charge in [0.05, 0.1) is 36.3 Å². The number of aromatic hydroxyl groups is 1. The second-order valence-electron chi connectivity index (χ2n) is 6.91. The predicted molar refractivity (Wildman–Crippen MR) is 109 cm³/mol. The first-order chi connectivity index (χ1) is 14.2. The van der Waals surface area contributed by atoms with Crippen LogP contribution in [-0.2, 0) is 0 Å². The van der Waals surface area contributed by atoms with Crippen LogP contribution in [0.5, 0.6) is 17.4 Å². The van der Waals surface area contributed by atoms with Crippen LogP contribution in [0.3, 0.4) is 0 Å². The van der Waals surface area contributed by atoms with Gasteiger partial charge in [0.25, 0.3) is 0 Å². The Kier molecular flexibility index (Phi) is 4.23. The lowest BCUT2D eigenvalue weighted by atomic mass is 10.2. The molecule has 0 bridgehead atoms. The van der Waals surface area contributed by atoms with Gasteiger partial charge in [0.2, 0.25) is 5.88 Å². The zero-order valence-electron chi connectivity index (χ0n) is 15.8. The van der Waals surface area contributed by atoms with Crippen LogP contribution < -0.4 is 14.4 Å². The van der Waals surface area contributed by atoms with Crippen molar-refractivity contribution in [2.24, 2.45) is 0 Å². The molecule has 1 N–H and O–H groups in total. The molecule has 1 atom stereocenters. The fourth-order valence-electron chi connectivity index (χ4n) is 3.70. The number of methoxy groups -OCH3 is 1. The largest absolute Gasteiger partial charge is 0.508 e. The van der Waals surface area contributed by atoms with Crippen LogP contribution in [0.2, 0.25) is 0 Å². The van der Waals surface area contributed by atoms with Gasteiger partial charge in [-0.05, 0) is 18.2 Å². The van der Waals surface area contributed by atoms with E-state index in [9.17, 15) is 5.11 Å². The summed E-state index contributed by atoms with van der Waals surface area (Å²) in [7, 11) is 1.56. The van der Waals surface area contributed by atoms with Crippen molar-refractivity contribution in [1.29, 1.82) is 0 Å². The summed E-state index contributed by atoms with van der Waals surface area (Å²) in [6.45, 7) is 1.42. The summed E-state index contributed by atoms with van der Waals surface area (Å²) in [6.07, 6.45) is 3.97. The smallest absolute Gasteiger partial charge is 0.233 e. The van der Waals surface area contributed by atoms with E-state index in [1.54, 1.807) is 25.4 Å². The van der Waals surface area contributed by atoms with Gasteiger partial charge in [-0.1, -0.05) is 12.1 Å². The Bertz CT molecular complexity index is 1200. The minimum absolute atomic E-state index is 0.0327. The Balaban J connectivity index is 1.40.